The van der Waals surface area contributed by atoms with Gasteiger partial charge in [-0.15, -0.1) is 0 Å². The first-order valence-electron chi connectivity index (χ1n) is 8.17. The van der Waals surface area contributed by atoms with Gasteiger partial charge < -0.3 is 32.9 Å². The maximum Gasteiger partial charge on any atom is 0.519 e. The summed E-state index contributed by atoms with van der Waals surface area (Å²) in [6, 6.07) is 0. The average molecular weight is 430 g/mol. The maximum atomic E-state index is 11.9. The van der Waals surface area contributed by atoms with Gasteiger partial charge in [0.2, 0.25) is 0 Å². The smallest absolute Gasteiger partial charge is 0.481 e. The Hall–Kier alpha value is -3.15. The standard InChI is InChI=1S/C17H18O11S/c1-8-12(27-10(3)25-8)6-24-17(22)29-7-11(15(19)20)4-14(18)23-5-13-9(2)26-16(21)28-13/h11H,3-7H2,1-2H3,(H,19,20)/t11-/m0/s1. The highest BCUT2D eigenvalue weighted by Crippen LogP contribution is 2.24. The lowest BCUT2D eigenvalue weighted by Crippen LogP contribution is -2.22. The third-order valence-corrected chi connectivity index (χ3v) is 4.50. The molecule has 0 aromatic carbocycles. The Kier molecular flexibility index (Phi) is 7.53. The number of thioether (sulfide) groups is 1. The van der Waals surface area contributed by atoms with Gasteiger partial charge in [0, 0.05) is 5.75 Å². The molecule has 0 saturated heterocycles. The predicted molar refractivity (Wildman–Crippen MR) is 95.3 cm³/mol. The van der Waals surface area contributed by atoms with Crippen molar-refractivity contribution in [3.63, 3.8) is 0 Å². The minimum absolute atomic E-state index is 0.0265. The van der Waals surface area contributed by atoms with E-state index < -0.39 is 35.4 Å². The molecule has 0 fully saturated rings. The number of esters is 1. The van der Waals surface area contributed by atoms with E-state index in [1.54, 1.807) is 6.92 Å². The summed E-state index contributed by atoms with van der Waals surface area (Å²) in [4.78, 5) is 45.9. The molecule has 0 bridgehead atoms. The number of carbonyl (C=O) groups excluding carboxylic acids is 2. The fraction of sp³-hybridized carbons (Fsp3) is 0.412. The minimum Gasteiger partial charge on any atom is -0.481 e. The molecule has 0 saturated carbocycles. The largest absolute Gasteiger partial charge is 0.519 e. The van der Waals surface area contributed by atoms with Crippen molar-refractivity contribution in [3.05, 3.63) is 46.2 Å². The van der Waals surface area contributed by atoms with Crippen molar-refractivity contribution in [1.82, 2.24) is 0 Å². The van der Waals surface area contributed by atoms with Crippen LogP contribution in [-0.2, 0) is 35.1 Å². The third-order valence-electron chi connectivity index (χ3n) is 3.58. The molecule has 0 amide bonds. The fourth-order valence-corrected chi connectivity index (χ4v) is 2.79. The number of aryl methyl sites for hydroxylation is 1. The summed E-state index contributed by atoms with van der Waals surface area (Å²) in [6.45, 7) is 5.94. The molecule has 0 spiro atoms. The molecule has 1 aliphatic rings. The number of hydrogen-bond acceptors (Lipinski definition) is 11. The summed E-state index contributed by atoms with van der Waals surface area (Å²) in [6.07, 6.45) is -0.488. The molecule has 29 heavy (non-hydrogen) atoms. The molecule has 0 unspecified atom stereocenters. The minimum atomic E-state index is -1.28. The topological polar surface area (TPSA) is 152 Å². The normalized spacial score (nSPS) is 14.2. The Labute approximate surface area is 168 Å². The molecule has 1 atom stereocenters. The molecule has 1 aromatic rings. The molecule has 0 aliphatic carbocycles. The summed E-state index contributed by atoms with van der Waals surface area (Å²) >= 11 is 0.595. The van der Waals surface area contributed by atoms with Gasteiger partial charge in [0.05, 0.1) is 12.3 Å². The van der Waals surface area contributed by atoms with Crippen molar-refractivity contribution in [2.24, 2.45) is 5.92 Å². The van der Waals surface area contributed by atoms with Gasteiger partial charge in [-0.1, -0.05) is 0 Å². The lowest BCUT2D eigenvalue weighted by atomic mass is 10.1. The number of hydrogen-bond donors (Lipinski definition) is 1. The maximum absolute atomic E-state index is 11.9. The van der Waals surface area contributed by atoms with Gasteiger partial charge in [0.1, 0.15) is 5.76 Å². The van der Waals surface area contributed by atoms with Crippen LogP contribution >= 0.6 is 11.8 Å². The van der Waals surface area contributed by atoms with E-state index in [4.69, 9.17) is 18.9 Å². The van der Waals surface area contributed by atoms with Crippen molar-refractivity contribution in [2.75, 3.05) is 12.4 Å². The molecule has 11 nitrogen and oxygen atoms in total. The number of rotatable bonds is 9. The first-order chi connectivity index (χ1) is 13.7. The molecular weight excluding hydrogens is 412 g/mol. The summed E-state index contributed by atoms with van der Waals surface area (Å²) < 4.78 is 29.3. The van der Waals surface area contributed by atoms with E-state index in [0.717, 1.165) is 0 Å². The van der Waals surface area contributed by atoms with Crippen LogP contribution in [0.2, 0.25) is 0 Å². The van der Waals surface area contributed by atoms with E-state index >= 15 is 0 Å². The Morgan fingerprint density at radius 1 is 1.14 bits per heavy atom. The number of carbonyl (C=O) groups is 3. The van der Waals surface area contributed by atoms with Crippen molar-refractivity contribution in [1.29, 1.82) is 0 Å². The van der Waals surface area contributed by atoms with Crippen molar-refractivity contribution >= 4 is 29.0 Å². The van der Waals surface area contributed by atoms with Crippen LogP contribution in [0.3, 0.4) is 0 Å². The lowest BCUT2D eigenvalue weighted by molar-refractivity contribution is -0.152. The summed E-state index contributed by atoms with van der Waals surface area (Å²) in [5.41, 5.74) is 0. The summed E-state index contributed by atoms with van der Waals surface area (Å²) in [5, 5.41) is 8.48. The van der Waals surface area contributed by atoms with Gasteiger partial charge in [0.25, 0.3) is 5.95 Å². The van der Waals surface area contributed by atoms with Gasteiger partial charge in [-0.3, -0.25) is 9.59 Å². The first-order valence-corrected chi connectivity index (χ1v) is 9.16. The van der Waals surface area contributed by atoms with Crippen LogP contribution in [0.5, 0.6) is 0 Å². The number of allylic oxidation sites excluding steroid dienone is 1. The molecule has 1 aliphatic heterocycles. The highest BCUT2D eigenvalue weighted by Gasteiger charge is 2.25. The lowest BCUT2D eigenvalue weighted by Gasteiger charge is -2.11. The van der Waals surface area contributed by atoms with Gasteiger partial charge in [-0.2, -0.15) is 0 Å². The molecule has 2 rings (SSSR count). The predicted octanol–water partition coefficient (Wildman–Crippen LogP) is 2.29. The average Bonchev–Trinajstić information content (AvgIpc) is 3.14. The summed E-state index contributed by atoms with van der Waals surface area (Å²) in [7, 11) is 0. The molecule has 1 aromatic heterocycles. The number of aliphatic carboxylic acids is 1. The van der Waals surface area contributed by atoms with Crippen molar-refractivity contribution in [2.45, 2.75) is 26.9 Å². The zero-order chi connectivity index (χ0) is 21.6. The molecule has 12 heteroatoms. The van der Waals surface area contributed by atoms with Gasteiger partial charge >= 0.3 is 23.1 Å². The second-order valence-electron chi connectivity index (χ2n) is 5.74. The number of carboxylic acid groups (broad SMARTS) is 1. The van der Waals surface area contributed by atoms with E-state index in [1.165, 1.54) is 6.92 Å². The summed E-state index contributed by atoms with van der Waals surface area (Å²) in [5.74, 6) is -3.53. The quantitative estimate of drug-likeness (QED) is 0.572. The second kappa shape index (κ2) is 9.87. The molecule has 0 radical (unpaired) electrons. The highest BCUT2D eigenvalue weighted by molar-refractivity contribution is 8.13. The van der Waals surface area contributed by atoms with Crippen molar-refractivity contribution in [3.8, 4) is 0 Å². The second-order valence-corrected chi connectivity index (χ2v) is 6.69. The molecule has 158 valence electrons. The Balaban J connectivity index is 1.76. The molecule has 2 heterocycles. The van der Waals surface area contributed by atoms with E-state index in [2.05, 4.69) is 15.4 Å². The number of ether oxygens (including phenoxy) is 4. The Morgan fingerprint density at radius 2 is 1.86 bits per heavy atom. The van der Waals surface area contributed by atoms with Gasteiger partial charge in [0.15, 0.2) is 30.5 Å². The molecular formula is C17H18O11S. The number of carboxylic acids is 1. The van der Waals surface area contributed by atoms with Gasteiger partial charge in [-0.05, 0) is 32.2 Å². The SMILES string of the molecule is C=C1OC(C)=C(COC(=O)SC[C@H](CC(=O)OCc2oc(=O)oc2C)C(=O)O)O1. The van der Waals surface area contributed by atoms with Gasteiger partial charge in [-0.25, -0.2) is 9.59 Å². The van der Waals surface area contributed by atoms with Crippen molar-refractivity contribution < 1.29 is 47.3 Å². The van der Waals surface area contributed by atoms with E-state index in [0.29, 0.717) is 17.5 Å². The first kappa shape index (κ1) is 22.1. The van der Waals surface area contributed by atoms with E-state index in [9.17, 15) is 24.3 Å². The van der Waals surface area contributed by atoms with Crippen LogP contribution in [0.15, 0.2) is 37.7 Å². The van der Waals surface area contributed by atoms with Crippen LogP contribution in [0.25, 0.3) is 0 Å². The zero-order valence-electron chi connectivity index (χ0n) is 15.6. The monoisotopic (exact) mass is 430 g/mol. The van der Waals surface area contributed by atoms with E-state index in [1.807, 2.05) is 0 Å². The van der Waals surface area contributed by atoms with E-state index in [-0.39, 0.29) is 42.2 Å². The molecule has 1 N–H and O–H groups in total. The zero-order valence-corrected chi connectivity index (χ0v) is 16.4. The van der Waals surface area contributed by atoms with Crippen LogP contribution in [-0.4, -0.2) is 34.7 Å². The van der Waals surface area contributed by atoms with Crippen LogP contribution in [0.1, 0.15) is 24.9 Å². The van der Waals surface area contributed by atoms with Crippen LogP contribution in [0, 0.1) is 12.8 Å². The third kappa shape index (κ3) is 6.75. The van der Waals surface area contributed by atoms with Crippen LogP contribution < -0.4 is 5.82 Å². The Bertz CT molecular complexity index is 891. The van der Waals surface area contributed by atoms with Crippen LogP contribution in [0.4, 0.5) is 4.79 Å². The Morgan fingerprint density at radius 3 is 2.41 bits per heavy atom. The fourth-order valence-electron chi connectivity index (χ4n) is 2.05. The highest BCUT2D eigenvalue weighted by atomic mass is 32.2.